The molecule has 0 unspecified atom stereocenters. The van der Waals surface area contributed by atoms with Gasteiger partial charge in [0.2, 0.25) is 0 Å². The van der Waals surface area contributed by atoms with E-state index in [-0.39, 0.29) is 0 Å². The second kappa shape index (κ2) is 5.01. The summed E-state index contributed by atoms with van der Waals surface area (Å²) in [6.45, 7) is 0. The van der Waals surface area contributed by atoms with Crippen LogP contribution in [0.1, 0.15) is 24.0 Å². The molecule has 1 heterocycles. The molecule has 2 aromatic rings. The van der Waals surface area contributed by atoms with Crippen molar-refractivity contribution in [1.29, 1.82) is 0 Å². The highest BCUT2D eigenvalue weighted by atomic mass is 14.8. The van der Waals surface area contributed by atoms with Gasteiger partial charge >= 0.3 is 0 Å². The quantitative estimate of drug-likeness (QED) is 0.733. The van der Waals surface area contributed by atoms with Crippen molar-refractivity contribution in [2.24, 2.45) is 4.99 Å². The number of hydrogen-bond donors (Lipinski definition) is 0. The first-order chi connectivity index (χ1) is 8.93. The van der Waals surface area contributed by atoms with E-state index in [9.17, 15) is 0 Å². The van der Waals surface area contributed by atoms with Gasteiger partial charge in [-0.05, 0) is 24.0 Å². The monoisotopic (exact) mass is 233 g/mol. The molecule has 0 atom stereocenters. The van der Waals surface area contributed by atoms with Crippen LogP contribution in [-0.2, 0) is 0 Å². The summed E-state index contributed by atoms with van der Waals surface area (Å²) in [5, 5.41) is 0. The first-order valence-electron chi connectivity index (χ1n) is 6.32. The van der Waals surface area contributed by atoms with E-state index in [1.165, 1.54) is 16.8 Å². The van der Waals surface area contributed by atoms with Crippen LogP contribution in [0.5, 0.6) is 0 Å². The van der Waals surface area contributed by atoms with Crippen LogP contribution in [0.2, 0.25) is 0 Å². The normalized spacial score (nSPS) is 14.9. The molecule has 88 valence electrons. The smallest absolute Gasteiger partial charge is 0.0665 e. The first kappa shape index (κ1) is 11.0. The van der Waals surface area contributed by atoms with Crippen LogP contribution in [0.4, 0.5) is 0 Å². The number of benzene rings is 2. The largest absolute Gasteiger partial charge is 0.253 e. The maximum Gasteiger partial charge on any atom is 0.0665 e. The lowest BCUT2D eigenvalue weighted by Gasteiger charge is -2.13. The SMILES string of the molecule is C1=C(c2ccccc2)N=C(c2ccccc2)CC1. The summed E-state index contributed by atoms with van der Waals surface area (Å²) in [5.74, 6) is 0. The van der Waals surface area contributed by atoms with Gasteiger partial charge in [-0.1, -0.05) is 66.7 Å². The van der Waals surface area contributed by atoms with Gasteiger partial charge in [0.05, 0.1) is 5.70 Å². The second-order valence-corrected chi connectivity index (χ2v) is 4.42. The summed E-state index contributed by atoms with van der Waals surface area (Å²) in [4.78, 5) is 4.80. The molecule has 0 amide bonds. The van der Waals surface area contributed by atoms with Crippen LogP contribution >= 0.6 is 0 Å². The molecule has 0 fully saturated rings. The van der Waals surface area contributed by atoms with Crippen LogP contribution in [-0.4, -0.2) is 5.71 Å². The van der Waals surface area contributed by atoms with E-state index in [4.69, 9.17) is 4.99 Å². The van der Waals surface area contributed by atoms with Crippen LogP contribution in [0.3, 0.4) is 0 Å². The van der Waals surface area contributed by atoms with E-state index < -0.39 is 0 Å². The fraction of sp³-hybridized carbons (Fsp3) is 0.118. The highest BCUT2D eigenvalue weighted by molar-refractivity contribution is 6.04. The number of hydrogen-bond acceptors (Lipinski definition) is 1. The van der Waals surface area contributed by atoms with E-state index in [1.54, 1.807) is 0 Å². The maximum absolute atomic E-state index is 4.80. The molecule has 18 heavy (non-hydrogen) atoms. The van der Waals surface area contributed by atoms with Crippen LogP contribution in [0, 0.1) is 0 Å². The van der Waals surface area contributed by atoms with Crippen LogP contribution < -0.4 is 0 Å². The lowest BCUT2D eigenvalue weighted by Crippen LogP contribution is -2.04. The van der Waals surface area contributed by atoms with Gasteiger partial charge in [-0.25, -0.2) is 0 Å². The maximum atomic E-state index is 4.80. The summed E-state index contributed by atoms with van der Waals surface area (Å²) < 4.78 is 0. The molecule has 1 heteroatoms. The Hall–Kier alpha value is -2.15. The Morgan fingerprint density at radius 1 is 0.722 bits per heavy atom. The average molecular weight is 233 g/mol. The molecule has 1 nitrogen and oxygen atoms in total. The third-order valence-electron chi connectivity index (χ3n) is 3.15. The first-order valence-corrected chi connectivity index (χ1v) is 6.32. The topological polar surface area (TPSA) is 12.4 Å². The minimum Gasteiger partial charge on any atom is -0.253 e. The molecule has 2 aromatic carbocycles. The molecule has 1 aliphatic heterocycles. The molecule has 3 rings (SSSR count). The molecule has 0 saturated heterocycles. The van der Waals surface area contributed by atoms with Crippen molar-refractivity contribution in [3.05, 3.63) is 77.9 Å². The standard InChI is InChI=1S/C17H15N/c1-3-8-14(9-4-1)16-12-7-13-17(18-16)15-10-5-2-6-11-15/h1-6,8-12H,7,13H2. The molecular weight excluding hydrogens is 218 g/mol. The summed E-state index contributed by atoms with van der Waals surface area (Å²) in [5.41, 5.74) is 4.72. The second-order valence-electron chi connectivity index (χ2n) is 4.42. The van der Waals surface area contributed by atoms with E-state index in [0.717, 1.165) is 18.5 Å². The third-order valence-corrected chi connectivity index (χ3v) is 3.15. The predicted molar refractivity (Wildman–Crippen MR) is 76.6 cm³/mol. The molecule has 0 radical (unpaired) electrons. The molecule has 0 saturated carbocycles. The van der Waals surface area contributed by atoms with Crippen molar-refractivity contribution >= 4 is 11.4 Å². The van der Waals surface area contributed by atoms with Gasteiger partial charge in [-0.15, -0.1) is 0 Å². The van der Waals surface area contributed by atoms with E-state index >= 15 is 0 Å². The summed E-state index contributed by atoms with van der Waals surface area (Å²) in [6.07, 6.45) is 4.32. The Labute approximate surface area is 108 Å². The molecular formula is C17H15N. The minimum atomic E-state index is 1.03. The molecule has 1 aliphatic rings. The lowest BCUT2D eigenvalue weighted by atomic mass is 10.0. The average Bonchev–Trinajstić information content (AvgIpc) is 2.49. The Kier molecular flexibility index (Phi) is 3.05. The Morgan fingerprint density at radius 3 is 2.00 bits per heavy atom. The van der Waals surface area contributed by atoms with Crippen molar-refractivity contribution in [2.75, 3.05) is 0 Å². The summed E-state index contributed by atoms with van der Waals surface area (Å²) >= 11 is 0. The highest BCUT2D eigenvalue weighted by Crippen LogP contribution is 2.23. The predicted octanol–water partition coefficient (Wildman–Crippen LogP) is 4.31. The van der Waals surface area contributed by atoms with Gasteiger partial charge in [0.25, 0.3) is 0 Å². The molecule has 0 N–H and O–H groups in total. The van der Waals surface area contributed by atoms with E-state index in [1.807, 2.05) is 12.1 Å². The van der Waals surface area contributed by atoms with E-state index in [0.29, 0.717) is 0 Å². The van der Waals surface area contributed by atoms with E-state index in [2.05, 4.69) is 54.6 Å². The highest BCUT2D eigenvalue weighted by Gasteiger charge is 2.10. The fourth-order valence-corrected chi connectivity index (χ4v) is 2.22. The fourth-order valence-electron chi connectivity index (χ4n) is 2.22. The molecule has 0 aromatic heterocycles. The van der Waals surface area contributed by atoms with Gasteiger partial charge in [0.1, 0.15) is 0 Å². The Morgan fingerprint density at radius 2 is 1.33 bits per heavy atom. The zero-order valence-corrected chi connectivity index (χ0v) is 10.2. The van der Waals surface area contributed by atoms with Gasteiger partial charge in [-0.2, -0.15) is 0 Å². The number of allylic oxidation sites excluding steroid dienone is 1. The van der Waals surface area contributed by atoms with Gasteiger partial charge in [0, 0.05) is 5.71 Å². The molecule has 0 spiro atoms. The van der Waals surface area contributed by atoms with Crippen molar-refractivity contribution in [3.63, 3.8) is 0 Å². The zero-order valence-electron chi connectivity index (χ0n) is 10.2. The lowest BCUT2D eigenvalue weighted by molar-refractivity contribution is 1.07. The van der Waals surface area contributed by atoms with Crippen LogP contribution in [0.15, 0.2) is 71.7 Å². The zero-order chi connectivity index (χ0) is 12.2. The number of aliphatic imine (C=N–C) groups is 1. The van der Waals surface area contributed by atoms with Gasteiger partial charge < -0.3 is 0 Å². The minimum absolute atomic E-state index is 1.03. The molecule has 0 bridgehead atoms. The van der Waals surface area contributed by atoms with Crippen LogP contribution in [0.25, 0.3) is 5.70 Å². The van der Waals surface area contributed by atoms with Crippen molar-refractivity contribution in [1.82, 2.24) is 0 Å². The molecule has 0 aliphatic carbocycles. The Bertz CT molecular complexity index is 580. The number of rotatable bonds is 2. The third kappa shape index (κ3) is 2.25. The Balaban J connectivity index is 1.95. The van der Waals surface area contributed by atoms with Crippen molar-refractivity contribution in [3.8, 4) is 0 Å². The van der Waals surface area contributed by atoms with Gasteiger partial charge in [-0.3, -0.25) is 4.99 Å². The van der Waals surface area contributed by atoms with Gasteiger partial charge in [0.15, 0.2) is 0 Å². The van der Waals surface area contributed by atoms with Crippen molar-refractivity contribution in [2.45, 2.75) is 12.8 Å². The summed E-state index contributed by atoms with van der Waals surface area (Å²) in [7, 11) is 0. The summed E-state index contributed by atoms with van der Waals surface area (Å²) in [6, 6.07) is 20.8. The van der Waals surface area contributed by atoms with Crippen molar-refractivity contribution < 1.29 is 0 Å². The number of nitrogens with zero attached hydrogens (tertiary/aromatic N) is 1.